The Bertz CT molecular complexity index is 1140. The molecule has 2 N–H and O–H groups in total. The third kappa shape index (κ3) is 9.00. The number of aromatic nitrogens is 2. The van der Waals surface area contributed by atoms with Crippen molar-refractivity contribution in [3.8, 4) is 0 Å². The van der Waals surface area contributed by atoms with E-state index in [-0.39, 0.29) is 11.7 Å². The first-order valence-corrected chi connectivity index (χ1v) is 11.8. The van der Waals surface area contributed by atoms with Gasteiger partial charge in [0.25, 0.3) is 0 Å². The van der Waals surface area contributed by atoms with Crippen molar-refractivity contribution in [2.24, 2.45) is 5.92 Å². The molecular weight excluding hydrogens is 500 g/mol. The van der Waals surface area contributed by atoms with E-state index in [0.717, 1.165) is 36.4 Å². The van der Waals surface area contributed by atoms with Crippen molar-refractivity contribution < 1.29 is 32.3 Å². The van der Waals surface area contributed by atoms with E-state index in [4.69, 9.17) is 9.90 Å². The number of carbonyl (C=O) groups is 2. The number of halogens is 4. The lowest BCUT2D eigenvalue weighted by Gasteiger charge is -2.15. The molecule has 36 heavy (non-hydrogen) atoms. The number of pyridine rings is 1. The van der Waals surface area contributed by atoms with Gasteiger partial charge in [-0.25, -0.2) is 14.2 Å². The molecule has 1 aliphatic rings. The number of carboxylic acid groups (broad SMARTS) is 1. The van der Waals surface area contributed by atoms with Crippen LogP contribution in [0.25, 0.3) is 0 Å². The molecule has 1 unspecified atom stereocenters. The highest BCUT2D eigenvalue weighted by Gasteiger charge is 2.38. The predicted octanol–water partition coefficient (Wildman–Crippen LogP) is 4.40. The van der Waals surface area contributed by atoms with Crippen LogP contribution >= 0.6 is 11.3 Å². The molecule has 0 bridgehead atoms. The number of rotatable bonds is 7. The summed E-state index contributed by atoms with van der Waals surface area (Å²) < 4.78 is 44.7. The summed E-state index contributed by atoms with van der Waals surface area (Å²) in [6.45, 7) is 2.26. The average Bonchev–Trinajstić information content (AvgIpc) is 3.45. The van der Waals surface area contributed by atoms with Gasteiger partial charge in [-0.2, -0.15) is 13.2 Å². The Kier molecular flexibility index (Phi) is 9.48. The van der Waals surface area contributed by atoms with E-state index in [0.29, 0.717) is 24.0 Å². The molecule has 0 saturated carbocycles. The number of carbonyl (C=O) groups excluding carboxylic acids is 1. The van der Waals surface area contributed by atoms with Crippen molar-refractivity contribution in [1.29, 1.82) is 0 Å². The van der Waals surface area contributed by atoms with E-state index in [1.165, 1.54) is 29.0 Å². The molecule has 1 fully saturated rings. The minimum atomic E-state index is -5.08. The maximum atomic E-state index is 13.0. The van der Waals surface area contributed by atoms with E-state index in [9.17, 15) is 22.4 Å². The third-order valence-electron chi connectivity index (χ3n) is 5.34. The van der Waals surface area contributed by atoms with Crippen LogP contribution in [0, 0.1) is 11.7 Å². The van der Waals surface area contributed by atoms with Crippen LogP contribution in [0.1, 0.15) is 22.4 Å². The monoisotopic (exact) mass is 524 g/mol. The molecule has 4 rings (SSSR count). The predicted molar refractivity (Wildman–Crippen MR) is 126 cm³/mol. The molecule has 3 aromatic rings. The minimum Gasteiger partial charge on any atom is -0.475 e. The number of alkyl halides is 3. The smallest absolute Gasteiger partial charge is 0.475 e. The topological polar surface area (TPSA) is 95.4 Å². The number of amides is 1. The van der Waals surface area contributed by atoms with E-state index >= 15 is 0 Å². The number of nitrogens with one attached hydrogen (secondary N) is 1. The Morgan fingerprint density at radius 1 is 1.11 bits per heavy atom. The van der Waals surface area contributed by atoms with Gasteiger partial charge in [-0.05, 0) is 60.7 Å². The molecule has 1 amide bonds. The molecule has 1 atom stereocenters. The number of aliphatic carboxylic acids is 1. The van der Waals surface area contributed by atoms with Crippen molar-refractivity contribution >= 4 is 28.3 Å². The summed E-state index contributed by atoms with van der Waals surface area (Å²) in [6.07, 6.45) is 3.15. The molecule has 1 aliphatic heterocycles. The zero-order chi connectivity index (χ0) is 26.1. The van der Waals surface area contributed by atoms with Gasteiger partial charge >= 0.3 is 12.1 Å². The Morgan fingerprint density at radius 2 is 1.78 bits per heavy atom. The maximum absolute atomic E-state index is 13.0. The number of likely N-dealkylation sites (tertiary alicyclic amines) is 1. The van der Waals surface area contributed by atoms with Crippen molar-refractivity contribution in [2.45, 2.75) is 25.4 Å². The zero-order valence-corrected chi connectivity index (χ0v) is 19.9. The average molecular weight is 525 g/mol. The van der Waals surface area contributed by atoms with Crippen molar-refractivity contribution in [2.75, 3.05) is 25.0 Å². The minimum absolute atomic E-state index is 0.0303. The second-order valence-electron chi connectivity index (χ2n) is 8.24. The van der Waals surface area contributed by atoms with Gasteiger partial charge in [-0.3, -0.25) is 14.7 Å². The zero-order valence-electron chi connectivity index (χ0n) is 19.0. The summed E-state index contributed by atoms with van der Waals surface area (Å²) in [4.78, 5) is 32.9. The van der Waals surface area contributed by atoms with Gasteiger partial charge in [0.1, 0.15) is 5.82 Å². The number of benzene rings is 1. The van der Waals surface area contributed by atoms with E-state index in [1.54, 1.807) is 18.3 Å². The summed E-state index contributed by atoms with van der Waals surface area (Å²) >= 11 is 1.46. The third-order valence-corrected chi connectivity index (χ3v) is 6.26. The van der Waals surface area contributed by atoms with Crippen molar-refractivity contribution in [3.63, 3.8) is 0 Å². The fourth-order valence-corrected chi connectivity index (χ4v) is 4.55. The van der Waals surface area contributed by atoms with Gasteiger partial charge in [0.15, 0.2) is 5.13 Å². The van der Waals surface area contributed by atoms with E-state index in [1.807, 2.05) is 12.4 Å². The molecule has 0 aliphatic carbocycles. The number of thiazole rings is 1. The van der Waals surface area contributed by atoms with Gasteiger partial charge in [-0.1, -0.05) is 12.1 Å². The molecular formula is C24H24F4N4O3S. The fourth-order valence-electron chi connectivity index (χ4n) is 3.69. The standard InChI is InChI=1S/C22H23FN4OS.C2HF3O2/c23-19-3-1-16(2-4-19)12-20-13-25-22(29-20)26-21(28)15-27-10-7-18(14-27)11-17-5-8-24-9-6-17;3-2(4,5)1(6)7/h1-6,8-9,13,18H,7,10-12,14-15H2,(H,25,26,28);(H,6,7). The van der Waals surface area contributed by atoms with Gasteiger partial charge < -0.3 is 10.4 Å². The van der Waals surface area contributed by atoms with Gasteiger partial charge in [0, 0.05) is 36.4 Å². The fraction of sp³-hybridized carbons (Fsp3) is 0.333. The number of hydrogen-bond donors (Lipinski definition) is 2. The lowest BCUT2D eigenvalue weighted by atomic mass is 10.00. The number of carboxylic acids is 1. The molecule has 1 aromatic carbocycles. The summed E-state index contributed by atoms with van der Waals surface area (Å²) in [5.74, 6) is -2.45. The number of hydrogen-bond acceptors (Lipinski definition) is 6. The van der Waals surface area contributed by atoms with Gasteiger partial charge in [0.2, 0.25) is 5.91 Å². The first-order valence-electron chi connectivity index (χ1n) is 11.0. The van der Waals surface area contributed by atoms with Crippen LogP contribution in [0.4, 0.5) is 22.7 Å². The van der Waals surface area contributed by atoms with Crippen LogP contribution in [0.3, 0.4) is 0 Å². The molecule has 0 radical (unpaired) electrons. The summed E-state index contributed by atoms with van der Waals surface area (Å²) in [5.41, 5.74) is 2.32. The molecule has 12 heteroatoms. The lowest BCUT2D eigenvalue weighted by Crippen LogP contribution is -2.31. The lowest BCUT2D eigenvalue weighted by molar-refractivity contribution is -0.192. The number of anilines is 1. The van der Waals surface area contributed by atoms with Crippen LogP contribution in [0.15, 0.2) is 55.0 Å². The second-order valence-corrected chi connectivity index (χ2v) is 9.35. The Labute approximate surface area is 208 Å². The van der Waals surface area contributed by atoms with Gasteiger partial charge in [-0.15, -0.1) is 11.3 Å². The highest BCUT2D eigenvalue weighted by Crippen LogP contribution is 2.23. The first kappa shape index (κ1) is 27.2. The summed E-state index contributed by atoms with van der Waals surface area (Å²) in [5, 5.41) is 10.6. The van der Waals surface area contributed by atoms with Crippen LogP contribution in [0.5, 0.6) is 0 Å². The molecule has 3 heterocycles. The van der Waals surface area contributed by atoms with Crippen LogP contribution < -0.4 is 5.32 Å². The molecule has 2 aromatic heterocycles. The SMILES string of the molecule is O=C(CN1CCC(Cc2ccncc2)C1)Nc1ncc(Cc2ccc(F)cc2)s1.O=C(O)C(F)(F)F. The largest absolute Gasteiger partial charge is 0.490 e. The Hall–Kier alpha value is -3.38. The van der Waals surface area contributed by atoms with Gasteiger partial charge in [0.05, 0.1) is 6.54 Å². The molecule has 0 spiro atoms. The van der Waals surface area contributed by atoms with E-state index in [2.05, 4.69) is 32.3 Å². The van der Waals surface area contributed by atoms with Crippen LogP contribution in [-0.4, -0.2) is 57.7 Å². The number of nitrogens with zero attached hydrogens (tertiary/aromatic N) is 3. The maximum Gasteiger partial charge on any atom is 0.490 e. The summed E-state index contributed by atoms with van der Waals surface area (Å²) in [6, 6.07) is 10.6. The normalized spacial score (nSPS) is 15.7. The highest BCUT2D eigenvalue weighted by atomic mass is 32.1. The van der Waals surface area contributed by atoms with Crippen LogP contribution in [-0.2, 0) is 22.4 Å². The second kappa shape index (κ2) is 12.5. The Morgan fingerprint density at radius 3 is 2.42 bits per heavy atom. The van der Waals surface area contributed by atoms with E-state index < -0.39 is 12.1 Å². The van der Waals surface area contributed by atoms with Crippen molar-refractivity contribution in [1.82, 2.24) is 14.9 Å². The molecule has 192 valence electrons. The van der Waals surface area contributed by atoms with Crippen molar-refractivity contribution in [3.05, 3.63) is 76.8 Å². The molecule has 1 saturated heterocycles. The Balaban J connectivity index is 0.000000454. The molecule has 7 nitrogen and oxygen atoms in total. The first-order chi connectivity index (χ1) is 17.1. The highest BCUT2D eigenvalue weighted by molar-refractivity contribution is 7.15. The quantitative estimate of drug-likeness (QED) is 0.445. The van der Waals surface area contributed by atoms with Crippen LogP contribution in [0.2, 0.25) is 0 Å². The summed E-state index contributed by atoms with van der Waals surface area (Å²) in [7, 11) is 0.